The zero-order chi connectivity index (χ0) is 20.9. The van der Waals surface area contributed by atoms with Gasteiger partial charge in [0.05, 0.1) is 18.5 Å². The fraction of sp³-hybridized carbons (Fsp3) is 0.318. The van der Waals surface area contributed by atoms with E-state index in [1.54, 1.807) is 30.5 Å². The Morgan fingerprint density at radius 2 is 2.03 bits per heavy atom. The molecule has 2 heterocycles. The number of benzene rings is 2. The molecule has 0 aliphatic carbocycles. The van der Waals surface area contributed by atoms with Crippen LogP contribution in [0.1, 0.15) is 12.0 Å². The van der Waals surface area contributed by atoms with Crippen molar-refractivity contribution >= 4 is 22.1 Å². The molecule has 0 amide bonds. The number of aromatic nitrogens is 1. The molecule has 30 heavy (non-hydrogen) atoms. The molecule has 0 spiro atoms. The second-order valence-corrected chi connectivity index (χ2v) is 7.03. The van der Waals surface area contributed by atoms with Crippen LogP contribution in [0.3, 0.4) is 0 Å². The zero-order valence-electron chi connectivity index (χ0n) is 16.3. The Hall–Kier alpha value is -3.13. The summed E-state index contributed by atoms with van der Waals surface area (Å²) in [5.41, 5.74) is 2.51. The van der Waals surface area contributed by atoms with Crippen molar-refractivity contribution in [3.63, 3.8) is 0 Å². The van der Waals surface area contributed by atoms with Gasteiger partial charge in [0.1, 0.15) is 18.0 Å². The lowest BCUT2D eigenvalue weighted by molar-refractivity contribution is 0.204. The summed E-state index contributed by atoms with van der Waals surface area (Å²) in [6, 6.07) is 9.69. The van der Waals surface area contributed by atoms with Gasteiger partial charge in [0.25, 0.3) is 0 Å². The fourth-order valence-electron chi connectivity index (χ4n) is 3.49. The monoisotopic (exact) mass is 416 g/mol. The largest absolute Gasteiger partial charge is 0.488 e. The Kier molecular flexibility index (Phi) is 6.13. The molecule has 0 saturated carbocycles. The molecular formula is C22H22F2N2O4. The first-order chi connectivity index (χ1) is 14.6. The Bertz CT molecular complexity index is 1180. The third kappa shape index (κ3) is 4.54. The van der Waals surface area contributed by atoms with Crippen molar-refractivity contribution in [2.45, 2.75) is 12.8 Å². The predicted molar refractivity (Wildman–Crippen MR) is 109 cm³/mol. The maximum absolute atomic E-state index is 13.6. The molecule has 6 nitrogen and oxygen atoms in total. The molecule has 4 aromatic rings. The van der Waals surface area contributed by atoms with E-state index in [1.807, 2.05) is 0 Å². The van der Waals surface area contributed by atoms with Crippen LogP contribution in [0.2, 0.25) is 0 Å². The highest BCUT2D eigenvalue weighted by atomic mass is 19.1. The molecule has 0 aliphatic rings. The van der Waals surface area contributed by atoms with Crippen molar-refractivity contribution in [2.24, 2.45) is 0 Å². The number of furan rings is 1. The quantitative estimate of drug-likeness (QED) is 0.418. The van der Waals surface area contributed by atoms with Gasteiger partial charge in [-0.05, 0) is 48.7 Å². The van der Waals surface area contributed by atoms with E-state index >= 15 is 0 Å². The predicted octanol–water partition coefficient (Wildman–Crippen LogP) is 4.29. The number of ether oxygens (including phenoxy) is 1. The minimum Gasteiger partial charge on any atom is -0.488 e. The van der Waals surface area contributed by atoms with Crippen molar-refractivity contribution in [1.82, 2.24) is 9.88 Å². The molecule has 0 bridgehead atoms. The second-order valence-electron chi connectivity index (χ2n) is 7.03. The minimum atomic E-state index is -0.533. The number of fused-ring (bicyclic) bond motifs is 2. The summed E-state index contributed by atoms with van der Waals surface area (Å²) in [6.07, 6.45) is 2.70. The van der Waals surface area contributed by atoms with E-state index in [0.29, 0.717) is 61.5 Å². The number of para-hydroxylation sites is 1. The molecule has 0 fully saturated rings. The molecule has 0 aliphatic heterocycles. The van der Waals surface area contributed by atoms with Crippen molar-refractivity contribution in [2.75, 3.05) is 32.9 Å². The molecule has 2 aromatic heterocycles. The number of aromatic amines is 1. The number of nitrogens with one attached hydrogen (secondary N) is 1. The molecule has 0 atom stereocenters. The molecule has 4 rings (SSSR count). The first kappa shape index (κ1) is 20.2. The van der Waals surface area contributed by atoms with Crippen molar-refractivity contribution < 1.29 is 22.4 Å². The lowest BCUT2D eigenvalue weighted by Gasteiger charge is -2.21. The van der Waals surface area contributed by atoms with Crippen LogP contribution in [0.25, 0.3) is 22.1 Å². The van der Waals surface area contributed by atoms with Gasteiger partial charge in [-0.2, -0.15) is 0 Å². The van der Waals surface area contributed by atoms with Crippen LogP contribution in [0.15, 0.2) is 56.3 Å². The lowest BCUT2D eigenvalue weighted by atomic mass is 10.1. The van der Waals surface area contributed by atoms with Crippen molar-refractivity contribution in [1.29, 1.82) is 0 Å². The highest BCUT2D eigenvalue weighted by Crippen LogP contribution is 2.24. The Balaban J connectivity index is 1.38. The van der Waals surface area contributed by atoms with Crippen LogP contribution in [0.5, 0.6) is 5.75 Å². The molecule has 0 saturated heterocycles. The van der Waals surface area contributed by atoms with Gasteiger partial charge in [0.2, 0.25) is 0 Å². The van der Waals surface area contributed by atoms with E-state index in [9.17, 15) is 13.6 Å². The molecule has 2 aromatic carbocycles. The average molecular weight is 416 g/mol. The normalized spacial score (nSPS) is 11.7. The van der Waals surface area contributed by atoms with Gasteiger partial charge >= 0.3 is 5.76 Å². The van der Waals surface area contributed by atoms with E-state index in [-0.39, 0.29) is 5.82 Å². The van der Waals surface area contributed by atoms with Crippen LogP contribution in [-0.2, 0) is 6.42 Å². The van der Waals surface area contributed by atoms with E-state index < -0.39 is 12.4 Å². The van der Waals surface area contributed by atoms with Gasteiger partial charge in [0, 0.05) is 25.0 Å². The minimum absolute atomic E-state index is 0.307. The number of hydrogen-bond donors (Lipinski definition) is 1. The lowest BCUT2D eigenvalue weighted by Crippen LogP contribution is -2.31. The summed E-state index contributed by atoms with van der Waals surface area (Å²) in [6.45, 7) is 1.74. The number of H-pyrrole nitrogens is 1. The van der Waals surface area contributed by atoms with Crippen LogP contribution < -0.4 is 10.5 Å². The molecule has 158 valence electrons. The van der Waals surface area contributed by atoms with Gasteiger partial charge in [0.15, 0.2) is 11.3 Å². The standard InChI is InChI=1S/C22H22F2N2O4/c23-8-2-9-26(10-7-15-14-29-19-6-5-16(24)13-17(15)19)11-12-28-20-4-1-3-18-21(20)30-22(27)25-18/h1,3-6,13-14H,2,7-12H2,(H,25,27). The number of nitrogens with zero attached hydrogens (tertiary/aromatic N) is 1. The van der Waals surface area contributed by atoms with E-state index in [0.717, 1.165) is 10.9 Å². The van der Waals surface area contributed by atoms with Gasteiger partial charge in [-0.15, -0.1) is 0 Å². The zero-order valence-corrected chi connectivity index (χ0v) is 16.3. The number of rotatable bonds is 10. The Labute approximate surface area is 171 Å². The van der Waals surface area contributed by atoms with Gasteiger partial charge < -0.3 is 13.6 Å². The van der Waals surface area contributed by atoms with E-state index in [1.165, 1.54) is 12.1 Å². The molecule has 8 heteroatoms. The third-order valence-corrected chi connectivity index (χ3v) is 5.00. The van der Waals surface area contributed by atoms with Crippen LogP contribution in [-0.4, -0.2) is 42.8 Å². The van der Waals surface area contributed by atoms with E-state index in [4.69, 9.17) is 13.6 Å². The first-order valence-electron chi connectivity index (χ1n) is 9.82. The molecular weight excluding hydrogens is 394 g/mol. The SMILES string of the molecule is O=c1[nH]c2cccc(OCCN(CCCF)CCc3coc4ccc(F)cc34)c2o1. The summed E-state index contributed by atoms with van der Waals surface area (Å²) in [7, 11) is 0. The summed E-state index contributed by atoms with van der Waals surface area (Å²) in [4.78, 5) is 16.1. The van der Waals surface area contributed by atoms with Gasteiger partial charge in [-0.1, -0.05) is 6.07 Å². The summed E-state index contributed by atoms with van der Waals surface area (Å²) in [5, 5.41) is 0.755. The highest BCUT2D eigenvalue weighted by molar-refractivity contribution is 5.81. The van der Waals surface area contributed by atoms with Crippen LogP contribution >= 0.6 is 0 Å². The Morgan fingerprint density at radius 3 is 2.90 bits per heavy atom. The number of halogens is 2. The smallest absolute Gasteiger partial charge is 0.417 e. The summed E-state index contributed by atoms with van der Waals surface area (Å²) < 4.78 is 42.7. The van der Waals surface area contributed by atoms with Crippen LogP contribution in [0.4, 0.5) is 8.78 Å². The van der Waals surface area contributed by atoms with E-state index in [2.05, 4.69) is 9.88 Å². The number of hydrogen-bond acceptors (Lipinski definition) is 5. The van der Waals surface area contributed by atoms with Gasteiger partial charge in [-0.25, -0.2) is 9.18 Å². The fourth-order valence-corrected chi connectivity index (χ4v) is 3.49. The summed E-state index contributed by atoms with van der Waals surface area (Å²) in [5.74, 6) is -0.361. The maximum Gasteiger partial charge on any atom is 0.417 e. The molecule has 0 radical (unpaired) electrons. The van der Waals surface area contributed by atoms with Crippen molar-refractivity contribution in [3.8, 4) is 5.75 Å². The number of alkyl halides is 1. The molecule has 0 unspecified atom stereocenters. The summed E-state index contributed by atoms with van der Waals surface area (Å²) >= 11 is 0. The van der Waals surface area contributed by atoms with Crippen molar-refractivity contribution in [3.05, 3.63) is 64.6 Å². The van der Waals surface area contributed by atoms with Gasteiger partial charge in [-0.3, -0.25) is 14.3 Å². The molecule has 1 N–H and O–H groups in total. The maximum atomic E-state index is 13.6. The first-order valence-corrected chi connectivity index (χ1v) is 9.82. The highest BCUT2D eigenvalue weighted by Gasteiger charge is 2.12. The topological polar surface area (TPSA) is 71.6 Å². The Morgan fingerprint density at radius 1 is 1.13 bits per heavy atom. The van der Waals surface area contributed by atoms with Crippen LogP contribution in [0, 0.1) is 5.82 Å². The third-order valence-electron chi connectivity index (χ3n) is 5.00. The number of oxazole rings is 1. The second kappa shape index (κ2) is 9.13. The average Bonchev–Trinajstić information content (AvgIpc) is 3.32.